The van der Waals surface area contributed by atoms with E-state index in [2.05, 4.69) is 5.32 Å². The lowest BCUT2D eigenvalue weighted by Gasteiger charge is -2.20. The highest BCUT2D eigenvalue weighted by Crippen LogP contribution is 2.29. The Morgan fingerprint density at radius 3 is 2.44 bits per heavy atom. The first kappa shape index (κ1) is 15.3. The smallest absolute Gasteiger partial charge is 0.310 e. The maximum Gasteiger partial charge on any atom is 0.389 e. The average Bonchev–Trinajstić information content (AvgIpc) is 2.21. The van der Waals surface area contributed by atoms with Gasteiger partial charge in [0.05, 0.1) is 0 Å². The summed E-state index contributed by atoms with van der Waals surface area (Å²) >= 11 is 5.93. The number of rotatable bonds is 5. The summed E-state index contributed by atoms with van der Waals surface area (Å²) in [5.41, 5.74) is 1.76. The van der Waals surface area contributed by atoms with Crippen molar-refractivity contribution in [3.63, 3.8) is 0 Å². The van der Waals surface area contributed by atoms with Crippen LogP contribution < -0.4 is 5.32 Å². The summed E-state index contributed by atoms with van der Waals surface area (Å²) in [4.78, 5) is 0. The minimum absolute atomic E-state index is 0.0249. The van der Waals surface area contributed by atoms with Crippen LogP contribution in [0.2, 0.25) is 5.02 Å². The Kier molecular flexibility index (Phi) is 5.47. The third kappa shape index (κ3) is 5.27. The van der Waals surface area contributed by atoms with Gasteiger partial charge in [0.25, 0.3) is 0 Å². The molecular formula is C13H17ClF3N. The highest BCUT2D eigenvalue weighted by molar-refractivity contribution is 6.30. The quantitative estimate of drug-likeness (QED) is 0.828. The van der Waals surface area contributed by atoms with Gasteiger partial charge in [0, 0.05) is 17.5 Å². The van der Waals surface area contributed by atoms with Gasteiger partial charge in [-0.25, -0.2) is 0 Å². The number of nitrogens with one attached hydrogen (secondary N) is 1. The van der Waals surface area contributed by atoms with Gasteiger partial charge < -0.3 is 5.32 Å². The van der Waals surface area contributed by atoms with E-state index in [-0.39, 0.29) is 12.5 Å². The van der Waals surface area contributed by atoms with Crippen LogP contribution in [0, 0.1) is 6.92 Å². The summed E-state index contributed by atoms with van der Waals surface area (Å²) in [5.74, 6) is 0. The van der Waals surface area contributed by atoms with E-state index in [1.165, 1.54) is 0 Å². The number of halogens is 4. The topological polar surface area (TPSA) is 12.0 Å². The highest BCUT2D eigenvalue weighted by atomic mass is 35.5. The standard InChI is InChI=1S/C13H17ClF3N/c1-3-18-12(4-5-13(15,16)17)10-6-9(2)7-11(14)8-10/h6-8,12,18H,3-5H2,1-2H3. The molecule has 1 aromatic rings. The first-order valence-electron chi connectivity index (χ1n) is 5.89. The molecule has 0 bridgehead atoms. The van der Waals surface area contributed by atoms with Crippen LogP contribution in [0.25, 0.3) is 0 Å². The number of benzene rings is 1. The minimum atomic E-state index is -4.12. The first-order chi connectivity index (χ1) is 8.31. The molecule has 1 rings (SSSR count). The van der Waals surface area contributed by atoms with Crippen LogP contribution >= 0.6 is 11.6 Å². The molecule has 0 fully saturated rings. The third-order valence-electron chi connectivity index (χ3n) is 2.63. The average molecular weight is 280 g/mol. The molecule has 0 heterocycles. The molecule has 1 atom stereocenters. The van der Waals surface area contributed by atoms with E-state index >= 15 is 0 Å². The summed E-state index contributed by atoms with van der Waals surface area (Å²) < 4.78 is 36.8. The van der Waals surface area contributed by atoms with Crippen molar-refractivity contribution >= 4 is 11.6 Å². The molecule has 0 radical (unpaired) electrons. The molecule has 0 aromatic heterocycles. The van der Waals surface area contributed by atoms with Gasteiger partial charge in [-0.1, -0.05) is 24.6 Å². The molecule has 0 aliphatic rings. The van der Waals surface area contributed by atoms with E-state index in [0.717, 1.165) is 11.1 Å². The summed E-state index contributed by atoms with van der Waals surface area (Å²) in [6, 6.07) is 5.07. The predicted octanol–water partition coefficient (Wildman–Crippen LogP) is 4.64. The maximum atomic E-state index is 12.3. The molecule has 0 spiro atoms. The lowest BCUT2D eigenvalue weighted by molar-refractivity contribution is -0.136. The molecule has 0 aliphatic heterocycles. The van der Waals surface area contributed by atoms with Gasteiger partial charge in [-0.3, -0.25) is 0 Å². The maximum absolute atomic E-state index is 12.3. The van der Waals surface area contributed by atoms with E-state index in [1.807, 2.05) is 19.9 Å². The Morgan fingerprint density at radius 2 is 1.94 bits per heavy atom. The number of hydrogen-bond acceptors (Lipinski definition) is 1. The van der Waals surface area contributed by atoms with Gasteiger partial charge >= 0.3 is 6.18 Å². The fraction of sp³-hybridized carbons (Fsp3) is 0.538. The predicted molar refractivity (Wildman–Crippen MR) is 67.9 cm³/mol. The van der Waals surface area contributed by atoms with E-state index < -0.39 is 12.6 Å². The van der Waals surface area contributed by atoms with Gasteiger partial charge in [0.15, 0.2) is 0 Å². The van der Waals surface area contributed by atoms with Crippen LogP contribution in [-0.2, 0) is 0 Å². The zero-order chi connectivity index (χ0) is 13.8. The van der Waals surface area contributed by atoms with E-state index in [1.54, 1.807) is 12.1 Å². The van der Waals surface area contributed by atoms with Crippen molar-refractivity contribution in [1.29, 1.82) is 0 Å². The minimum Gasteiger partial charge on any atom is -0.310 e. The van der Waals surface area contributed by atoms with Crippen LogP contribution in [0.15, 0.2) is 18.2 Å². The van der Waals surface area contributed by atoms with Crippen molar-refractivity contribution in [3.05, 3.63) is 34.3 Å². The Balaban J connectivity index is 2.83. The summed E-state index contributed by atoms with van der Waals surface area (Å²) in [7, 11) is 0. The second kappa shape index (κ2) is 6.43. The molecule has 1 unspecified atom stereocenters. The second-order valence-corrected chi connectivity index (χ2v) is 4.76. The molecule has 0 aliphatic carbocycles. The summed E-state index contributed by atoms with van der Waals surface area (Å²) in [6.07, 6.45) is -4.89. The molecule has 0 amide bonds. The van der Waals surface area contributed by atoms with Crippen molar-refractivity contribution < 1.29 is 13.2 Å². The second-order valence-electron chi connectivity index (χ2n) is 4.33. The fourth-order valence-corrected chi connectivity index (χ4v) is 2.20. The largest absolute Gasteiger partial charge is 0.389 e. The monoisotopic (exact) mass is 279 g/mol. The molecule has 1 nitrogen and oxygen atoms in total. The molecule has 1 N–H and O–H groups in total. The SMILES string of the molecule is CCNC(CCC(F)(F)F)c1cc(C)cc(Cl)c1. The Bertz CT molecular complexity index is 370. The molecule has 1 aromatic carbocycles. The van der Waals surface area contributed by atoms with Crippen LogP contribution in [0.5, 0.6) is 0 Å². The molecule has 18 heavy (non-hydrogen) atoms. The third-order valence-corrected chi connectivity index (χ3v) is 2.85. The van der Waals surface area contributed by atoms with Crippen molar-refractivity contribution in [2.24, 2.45) is 0 Å². The zero-order valence-electron chi connectivity index (χ0n) is 10.4. The molecular weight excluding hydrogens is 263 g/mol. The molecule has 0 saturated heterocycles. The van der Waals surface area contributed by atoms with Crippen molar-refractivity contribution in [2.75, 3.05) is 6.54 Å². The lowest BCUT2D eigenvalue weighted by atomic mass is 10.00. The Morgan fingerprint density at radius 1 is 1.28 bits per heavy atom. The van der Waals surface area contributed by atoms with Gasteiger partial charge in [-0.05, 0) is 43.1 Å². The highest BCUT2D eigenvalue weighted by Gasteiger charge is 2.28. The number of hydrogen-bond donors (Lipinski definition) is 1. The van der Waals surface area contributed by atoms with Gasteiger partial charge in [-0.2, -0.15) is 13.2 Å². The van der Waals surface area contributed by atoms with E-state index in [9.17, 15) is 13.2 Å². The molecule has 0 saturated carbocycles. The molecule has 5 heteroatoms. The van der Waals surface area contributed by atoms with E-state index in [4.69, 9.17) is 11.6 Å². The Hall–Kier alpha value is -0.740. The van der Waals surface area contributed by atoms with Crippen LogP contribution in [0.1, 0.15) is 36.9 Å². The summed E-state index contributed by atoms with van der Waals surface area (Å²) in [5, 5.41) is 3.62. The normalized spacial score (nSPS) is 13.7. The Labute approximate surface area is 110 Å². The van der Waals surface area contributed by atoms with Crippen LogP contribution in [-0.4, -0.2) is 12.7 Å². The van der Waals surface area contributed by atoms with Gasteiger partial charge in [-0.15, -0.1) is 0 Å². The van der Waals surface area contributed by atoms with Crippen molar-refractivity contribution in [1.82, 2.24) is 5.32 Å². The van der Waals surface area contributed by atoms with Crippen molar-refractivity contribution in [2.45, 2.75) is 38.9 Å². The fourth-order valence-electron chi connectivity index (χ4n) is 1.91. The van der Waals surface area contributed by atoms with Gasteiger partial charge in [0.2, 0.25) is 0 Å². The van der Waals surface area contributed by atoms with Crippen LogP contribution in [0.3, 0.4) is 0 Å². The van der Waals surface area contributed by atoms with Crippen molar-refractivity contribution in [3.8, 4) is 0 Å². The van der Waals surface area contributed by atoms with Gasteiger partial charge in [0.1, 0.15) is 0 Å². The number of alkyl halides is 3. The number of aryl methyl sites for hydroxylation is 1. The van der Waals surface area contributed by atoms with E-state index in [0.29, 0.717) is 11.6 Å². The first-order valence-corrected chi connectivity index (χ1v) is 6.27. The molecule has 102 valence electrons. The summed E-state index contributed by atoms with van der Waals surface area (Å²) in [6.45, 7) is 4.37. The zero-order valence-corrected chi connectivity index (χ0v) is 11.2. The van der Waals surface area contributed by atoms with Crippen LogP contribution in [0.4, 0.5) is 13.2 Å². The lowest BCUT2D eigenvalue weighted by Crippen LogP contribution is -2.23.